The van der Waals surface area contributed by atoms with E-state index < -0.39 is 0 Å². The summed E-state index contributed by atoms with van der Waals surface area (Å²) < 4.78 is 1.00. The van der Waals surface area contributed by atoms with E-state index in [1.165, 1.54) is 12.8 Å². The minimum atomic E-state index is 0.0499. The van der Waals surface area contributed by atoms with Crippen molar-refractivity contribution in [3.63, 3.8) is 0 Å². The molecule has 1 fully saturated rings. The van der Waals surface area contributed by atoms with E-state index in [0.717, 1.165) is 15.9 Å². The third-order valence-electron chi connectivity index (χ3n) is 3.55. The zero-order valence-corrected chi connectivity index (χ0v) is 12.0. The lowest BCUT2D eigenvalue weighted by Crippen LogP contribution is -2.32. The number of hydrogen-bond donors (Lipinski definition) is 1. The molecule has 2 rings (SSSR count). The molecular weight excluding hydrogens is 286 g/mol. The number of carbonyl (C=O) groups excluding carboxylic acids is 1. The zero-order valence-electron chi connectivity index (χ0n) is 9.55. The molecule has 1 aromatic heterocycles. The second-order valence-electron chi connectivity index (χ2n) is 4.84. The summed E-state index contributed by atoms with van der Waals surface area (Å²) in [7, 11) is 0. The lowest BCUT2D eigenvalue weighted by atomic mass is 9.92. The highest BCUT2D eigenvalue weighted by atomic mass is 79.9. The molecule has 1 amide bonds. The van der Waals surface area contributed by atoms with Crippen molar-refractivity contribution in [3.8, 4) is 0 Å². The molecule has 0 unspecified atom stereocenters. The Balaban J connectivity index is 1.89. The highest BCUT2D eigenvalue weighted by Crippen LogP contribution is 2.51. The maximum Gasteiger partial charge on any atom is 0.252 e. The Morgan fingerprint density at radius 2 is 2.31 bits per heavy atom. The summed E-state index contributed by atoms with van der Waals surface area (Å²) in [5.74, 6) is 0.705. The molecule has 0 bridgehead atoms. The summed E-state index contributed by atoms with van der Waals surface area (Å²) in [6.45, 7) is 5.29. The summed E-state index contributed by atoms with van der Waals surface area (Å²) in [5.41, 5.74) is 1.14. The van der Waals surface area contributed by atoms with Crippen molar-refractivity contribution < 1.29 is 4.79 Å². The average Bonchev–Trinajstić information content (AvgIpc) is 2.92. The van der Waals surface area contributed by atoms with Gasteiger partial charge in [0.1, 0.15) is 0 Å². The third-order valence-corrected chi connectivity index (χ3v) is 5.05. The smallest absolute Gasteiger partial charge is 0.252 e. The van der Waals surface area contributed by atoms with Crippen LogP contribution in [0.25, 0.3) is 0 Å². The van der Waals surface area contributed by atoms with Crippen molar-refractivity contribution in [2.45, 2.75) is 26.7 Å². The molecule has 0 aliphatic heterocycles. The second kappa shape index (κ2) is 4.49. The maximum atomic E-state index is 11.8. The van der Waals surface area contributed by atoms with Gasteiger partial charge in [0.25, 0.3) is 5.91 Å². The fourth-order valence-electron chi connectivity index (χ4n) is 1.91. The van der Waals surface area contributed by atoms with E-state index in [0.29, 0.717) is 11.3 Å². The van der Waals surface area contributed by atoms with Gasteiger partial charge in [0, 0.05) is 11.9 Å². The molecule has 1 aromatic rings. The van der Waals surface area contributed by atoms with Crippen molar-refractivity contribution in [2.24, 2.45) is 11.3 Å². The highest BCUT2D eigenvalue weighted by molar-refractivity contribution is 9.11. The van der Waals surface area contributed by atoms with E-state index in [-0.39, 0.29) is 5.91 Å². The SMILES string of the molecule is CC(C)C1(CNC(=O)c2csc(Br)c2)CC1. The molecule has 4 heteroatoms. The first kappa shape index (κ1) is 12.1. The van der Waals surface area contributed by atoms with E-state index in [2.05, 4.69) is 35.1 Å². The van der Waals surface area contributed by atoms with E-state index in [1.807, 2.05) is 11.4 Å². The van der Waals surface area contributed by atoms with E-state index in [1.54, 1.807) is 11.3 Å². The fraction of sp³-hybridized carbons (Fsp3) is 0.583. The molecule has 1 aliphatic carbocycles. The largest absolute Gasteiger partial charge is 0.351 e. The number of thiophene rings is 1. The molecular formula is C12H16BrNOS. The molecule has 0 spiro atoms. The molecule has 88 valence electrons. The van der Waals surface area contributed by atoms with Gasteiger partial charge in [-0.15, -0.1) is 11.3 Å². The number of amides is 1. The summed E-state index contributed by atoms with van der Waals surface area (Å²) >= 11 is 4.91. The molecule has 16 heavy (non-hydrogen) atoms. The quantitative estimate of drug-likeness (QED) is 0.903. The van der Waals surface area contributed by atoms with E-state index >= 15 is 0 Å². The van der Waals surface area contributed by atoms with Gasteiger partial charge in [-0.25, -0.2) is 0 Å². The van der Waals surface area contributed by atoms with Crippen LogP contribution in [0, 0.1) is 11.3 Å². The number of carbonyl (C=O) groups is 1. The van der Waals surface area contributed by atoms with Gasteiger partial charge < -0.3 is 5.32 Å². The minimum absolute atomic E-state index is 0.0499. The molecule has 0 saturated heterocycles. The minimum Gasteiger partial charge on any atom is -0.351 e. The van der Waals surface area contributed by atoms with Crippen LogP contribution in [0.15, 0.2) is 15.2 Å². The summed E-state index contributed by atoms with van der Waals surface area (Å²) in [6.07, 6.45) is 2.50. The Labute approximate surface area is 109 Å². The molecule has 0 atom stereocenters. The van der Waals surface area contributed by atoms with Crippen LogP contribution in [-0.4, -0.2) is 12.5 Å². The first-order chi connectivity index (χ1) is 7.53. The normalized spacial score (nSPS) is 17.5. The van der Waals surface area contributed by atoms with Gasteiger partial charge in [-0.3, -0.25) is 4.79 Å². The van der Waals surface area contributed by atoms with Gasteiger partial charge in [-0.05, 0) is 46.2 Å². The monoisotopic (exact) mass is 301 g/mol. The fourth-order valence-corrected chi connectivity index (χ4v) is 3.04. The second-order valence-corrected chi connectivity index (χ2v) is 7.13. The van der Waals surface area contributed by atoms with Crippen LogP contribution in [-0.2, 0) is 0 Å². The first-order valence-electron chi connectivity index (χ1n) is 5.56. The van der Waals surface area contributed by atoms with Crippen molar-refractivity contribution in [2.75, 3.05) is 6.54 Å². The molecule has 1 heterocycles. The lowest BCUT2D eigenvalue weighted by molar-refractivity contribution is 0.0940. The van der Waals surface area contributed by atoms with Crippen molar-refractivity contribution in [1.29, 1.82) is 0 Å². The molecule has 1 saturated carbocycles. The van der Waals surface area contributed by atoms with E-state index in [9.17, 15) is 4.79 Å². The maximum absolute atomic E-state index is 11.8. The predicted octanol–water partition coefficient (Wildman–Crippen LogP) is 3.68. The van der Waals surface area contributed by atoms with Crippen LogP contribution >= 0.6 is 27.3 Å². The first-order valence-corrected chi connectivity index (χ1v) is 7.23. The van der Waals surface area contributed by atoms with Gasteiger partial charge in [0.2, 0.25) is 0 Å². The average molecular weight is 302 g/mol. The summed E-state index contributed by atoms with van der Waals surface area (Å²) in [6, 6.07) is 1.87. The molecule has 0 aromatic carbocycles. The highest BCUT2D eigenvalue weighted by Gasteiger charge is 2.45. The molecule has 0 radical (unpaired) electrons. The van der Waals surface area contributed by atoms with Crippen LogP contribution in [0.4, 0.5) is 0 Å². The number of halogens is 1. The van der Waals surface area contributed by atoms with Gasteiger partial charge in [-0.1, -0.05) is 13.8 Å². The molecule has 1 N–H and O–H groups in total. The van der Waals surface area contributed by atoms with Crippen LogP contribution in [0.3, 0.4) is 0 Å². The lowest BCUT2D eigenvalue weighted by Gasteiger charge is -2.19. The van der Waals surface area contributed by atoms with Gasteiger partial charge in [-0.2, -0.15) is 0 Å². The van der Waals surface area contributed by atoms with E-state index in [4.69, 9.17) is 0 Å². The Morgan fingerprint density at radius 3 is 2.75 bits per heavy atom. The van der Waals surface area contributed by atoms with Crippen LogP contribution in [0.1, 0.15) is 37.0 Å². The number of rotatable bonds is 4. The Kier molecular flexibility index (Phi) is 3.40. The Bertz CT molecular complexity index is 395. The van der Waals surface area contributed by atoms with Crippen molar-refractivity contribution in [1.82, 2.24) is 5.32 Å². The summed E-state index contributed by atoms with van der Waals surface area (Å²) in [5, 5.41) is 4.93. The number of hydrogen-bond acceptors (Lipinski definition) is 2. The van der Waals surface area contributed by atoms with Gasteiger partial charge in [0.15, 0.2) is 0 Å². The summed E-state index contributed by atoms with van der Waals surface area (Å²) in [4.78, 5) is 11.8. The molecule has 2 nitrogen and oxygen atoms in total. The van der Waals surface area contributed by atoms with Gasteiger partial charge >= 0.3 is 0 Å². The molecule has 1 aliphatic rings. The Morgan fingerprint density at radius 1 is 1.62 bits per heavy atom. The van der Waals surface area contributed by atoms with Crippen molar-refractivity contribution in [3.05, 3.63) is 20.8 Å². The predicted molar refractivity (Wildman–Crippen MR) is 70.9 cm³/mol. The standard InChI is InChI=1S/C12H16BrNOS/c1-8(2)12(3-4-12)7-14-11(15)9-5-10(13)16-6-9/h5-6,8H,3-4,7H2,1-2H3,(H,14,15). The Hall–Kier alpha value is -0.350. The number of nitrogens with one attached hydrogen (secondary N) is 1. The topological polar surface area (TPSA) is 29.1 Å². The van der Waals surface area contributed by atoms with Gasteiger partial charge in [0.05, 0.1) is 9.35 Å². The zero-order chi connectivity index (χ0) is 11.8. The van der Waals surface area contributed by atoms with Crippen LogP contribution in [0.5, 0.6) is 0 Å². The third kappa shape index (κ3) is 2.48. The van der Waals surface area contributed by atoms with Crippen LogP contribution in [0.2, 0.25) is 0 Å². The van der Waals surface area contributed by atoms with Crippen molar-refractivity contribution >= 4 is 33.2 Å². The van der Waals surface area contributed by atoms with Crippen LogP contribution < -0.4 is 5.32 Å².